The summed E-state index contributed by atoms with van der Waals surface area (Å²) in [6.07, 6.45) is 4.24. The van der Waals surface area contributed by atoms with Gasteiger partial charge in [-0.3, -0.25) is 9.78 Å². The molecule has 0 fully saturated rings. The van der Waals surface area contributed by atoms with Crippen LogP contribution in [0.1, 0.15) is 12.6 Å². The van der Waals surface area contributed by atoms with Crippen molar-refractivity contribution in [3.63, 3.8) is 0 Å². The molecule has 0 bridgehead atoms. The van der Waals surface area contributed by atoms with Crippen LogP contribution in [0.4, 0.5) is 4.79 Å². The second kappa shape index (κ2) is 5.29. The number of carbonyl (C=O) groups excluding carboxylic acids is 1. The Morgan fingerprint density at radius 1 is 1.47 bits per heavy atom. The van der Waals surface area contributed by atoms with Gasteiger partial charge in [0.2, 0.25) is 0 Å². The molecular weight excluding hydrogens is 254 g/mol. The largest absolute Gasteiger partial charge is 0.360 e. The van der Waals surface area contributed by atoms with Crippen LogP contribution in [0.15, 0.2) is 28.7 Å². The molecule has 0 saturated carbocycles. The second-order valence-corrected chi connectivity index (χ2v) is 5.54. The van der Waals surface area contributed by atoms with Gasteiger partial charge in [0.05, 0.1) is 9.90 Å². The van der Waals surface area contributed by atoms with E-state index in [1.54, 1.807) is 12.4 Å². The van der Waals surface area contributed by atoms with Gasteiger partial charge >= 0.3 is 0 Å². The van der Waals surface area contributed by atoms with Gasteiger partial charge in [0, 0.05) is 18.0 Å². The lowest BCUT2D eigenvalue weighted by molar-refractivity contribution is 0.267. The van der Waals surface area contributed by atoms with Crippen molar-refractivity contribution < 1.29 is 4.79 Å². The van der Waals surface area contributed by atoms with Crippen LogP contribution in [0.2, 0.25) is 0 Å². The minimum atomic E-state index is -0.398. The highest BCUT2D eigenvalue weighted by Gasteiger charge is 2.13. The monoisotopic (exact) mass is 265 g/mol. The molecule has 0 aliphatic carbocycles. The molecule has 0 saturated heterocycles. The SMILES string of the molecule is CCc1nc(-c2ccncc2)sc1SC(N)=O. The first-order valence-corrected chi connectivity index (χ1v) is 6.71. The zero-order valence-corrected chi connectivity index (χ0v) is 10.8. The Morgan fingerprint density at radius 3 is 2.76 bits per heavy atom. The third kappa shape index (κ3) is 2.83. The Hall–Kier alpha value is -1.40. The van der Waals surface area contributed by atoms with Crippen molar-refractivity contribution in [1.29, 1.82) is 0 Å². The van der Waals surface area contributed by atoms with Crippen molar-refractivity contribution in [1.82, 2.24) is 9.97 Å². The van der Waals surface area contributed by atoms with Gasteiger partial charge in [0.15, 0.2) is 0 Å². The number of nitrogens with zero attached hydrogens (tertiary/aromatic N) is 2. The molecule has 2 aromatic heterocycles. The normalized spacial score (nSPS) is 10.4. The Balaban J connectivity index is 2.37. The van der Waals surface area contributed by atoms with E-state index in [4.69, 9.17) is 5.73 Å². The van der Waals surface area contributed by atoms with E-state index in [1.807, 2.05) is 19.1 Å². The molecule has 2 heterocycles. The van der Waals surface area contributed by atoms with Crippen LogP contribution in [-0.2, 0) is 6.42 Å². The van der Waals surface area contributed by atoms with E-state index in [0.29, 0.717) is 0 Å². The van der Waals surface area contributed by atoms with Gasteiger partial charge in [-0.05, 0) is 30.3 Å². The summed E-state index contributed by atoms with van der Waals surface area (Å²) in [7, 11) is 0. The van der Waals surface area contributed by atoms with Crippen LogP contribution in [0.5, 0.6) is 0 Å². The molecule has 0 aliphatic rings. The highest BCUT2D eigenvalue weighted by molar-refractivity contribution is 8.15. The number of aryl methyl sites for hydroxylation is 1. The summed E-state index contributed by atoms with van der Waals surface area (Å²) in [6.45, 7) is 2.01. The predicted molar refractivity (Wildman–Crippen MR) is 70.2 cm³/mol. The fourth-order valence-electron chi connectivity index (χ4n) is 1.35. The number of nitrogens with two attached hydrogens (primary N) is 1. The van der Waals surface area contributed by atoms with Gasteiger partial charge in [-0.15, -0.1) is 11.3 Å². The molecule has 2 rings (SSSR count). The van der Waals surface area contributed by atoms with Crippen LogP contribution in [0, 0.1) is 0 Å². The third-order valence-corrected chi connectivity index (χ3v) is 4.18. The summed E-state index contributed by atoms with van der Waals surface area (Å²) >= 11 is 2.53. The van der Waals surface area contributed by atoms with Crippen LogP contribution >= 0.6 is 23.1 Å². The molecule has 2 aromatic rings. The van der Waals surface area contributed by atoms with E-state index in [2.05, 4.69) is 9.97 Å². The fourth-order valence-corrected chi connectivity index (χ4v) is 3.38. The first kappa shape index (κ1) is 12.1. The summed E-state index contributed by atoms with van der Waals surface area (Å²) in [5.41, 5.74) is 7.12. The van der Waals surface area contributed by atoms with E-state index in [1.165, 1.54) is 11.3 Å². The molecule has 6 heteroatoms. The molecule has 0 atom stereocenters. The van der Waals surface area contributed by atoms with Gasteiger partial charge in [-0.1, -0.05) is 6.92 Å². The Bertz CT molecular complexity index is 525. The maximum atomic E-state index is 10.9. The predicted octanol–water partition coefficient (Wildman–Crippen LogP) is 2.94. The molecule has 0 aliphatic heterocycles. The van der Waals surface area contributed by atoms with Crippen molar-refractivity contribution in [3.8, 4) is 10.6 Å². The van der Waals surface area contributed by atoms with Crippen LogP contribution in [0.25, 0.3) is 10.6 Å². The molecule has 17 heavy (non-hydrogen) atoms. The summed E-state index contributed by atoms with van der Waals surface area (Å²) in [6, 6.07) is 3.80. The summed E-state index contributed by atoms with van der Waals surface area (Å²) < 4.78 is 0.881. The van der Waals surface area contributed by atoms with Crippen LogP contribution < -0.4 is 5.73 Å². The van der Waals surface area contributed by atoms with E-state index in [-0.39, 0.29) is 0 Å². The number of rotatable bonds is 3. The Labute approximate surface area is 107 Å². The Kier molecular flexibility index (Phi) is 3.75. The minimum absolute atomic E-state index is 0.398. The average molecular weight is 265 g/mol. The highest BCUT2D eigenvalue weighted by Crippen LogP contribution is 2.34. The van der Waals surface area contributed by atoms with E-state index in [0.717, 1.165) is 38.7 Å². The smallest absolute Gasteiger partial charge is 0.282 e. The number of primary amides is 1. The first-order chi connectivity index (χ1) is 8.20. The first-order valence-electron chi connectivity index (χ1n) is 5.08. The Morgan fingerprint density at radius 2 is 2.18 bits per heavy atom. The van der Waals surface area contributed by atoms with Gasteiger partial charge in [0.1, 0.15) is 5.01 Å². The number of thiazole rings is 1. The topological polar surface area (TPSA) is 68.9 Å². The molecule has 1 amide bonds. The molecule has 0 aromatic carbocycles. The summed E-state index contributed by atoms with van der Waals surface area (Å²) in [5.74, 6) is 0. The summed E-state index contributed by atoms with van der Waals surface area (Å²) in [4.78, 5) is 19.4. The number of pyridine rings is 1. The van der Waals surface area contributed by atoms with Crippen molar-refractivity contribution in [3.05, 3.63) is 30.2 Å². The van der Waals surface area contributed by atoms with Gasteiger partial charge in [-0.25, -0.2) is 4.98 Å². The zero-order chi connectivity index (χ0) is 12.3. The van der Waals surface area contributed by atoms with E-state index >= 15 is 0 Å². The molecule has 88 valence electrons. The van der Waals surface area contributed by atoms with Crippen LogP contribution in [0.3, 0.4) is 0 Å². The molecule has 0 spiro atoms. The molecule has 0 radical (unpaired) electrons. The molecule has 0 unspecified atom stereocenters. The maximum Gasteiger partial charge on any atom is 0.282 e. The molecule has 4 nitrogen and oxygen atoms in total. The van der Waals surface area contributed by atoms with Crippen LogP contribution in [-0.4, -0.2) is 15.2 Å². The van der Waals surface area contributed by atoms with Gasteiger partial charge in [-0.2, -0.15) is 0 Å². The number of hydrogen-bond acceptors (Lipinski definition) is 5. The van der Waals surface area contributed by atoms with E-state index in [9.17, 15) is 4.79 Å². The van der Waals surface area contributed by atoms with Crippen molar-refractivity contribution in [2.45, 2.75) is 17.6 Å². The molecule has 2 N–H and O–H groups in total. The number of amides is 1. The fraction of sp³-hybridized carbons (Fsp3) is 0.182. The zero-order valence-electron chi connectivity index (χ0n) is 9.21. The maximum absolute atomic E-state index is 10.9. The number of carbonyl (C=O) groups is 1. The standard InChI is InChI=1S/C11H11N3OS2/c1-2-8-10(17-11(12)15)16-9(14-8)7-3-5-13-6-4-7/h3-6H,2H2,1H3,(H2,12,15). The third-order valence-electron chi connectivity index (χ3n) is 2.12. The highest BCUT2D eigenvalue weighted by atomic mass is 32.2. The average Bonchev–Trinajstić information content (AvgIpc) is 2.72. The minimum Gasteiger partial charge on any atom is -0.360 e. The molecular formula is C11H11N3OS2. The van der Waals surface area contributed by atoms with Gasteiger partial charge in [0.25, 0.3) is 5.24 Å². The van der Waals surface area contributed by atoms with Gasteiger partial charge < -0.3 is 5.73 Å². The lowest BCUT2D eigenvalue weighted by Gasteiger charge is -1.93. The number of thioether (sulfide) groups is 1. The quantitative estimate of drug-likeness (QED) is 0.866. The van der Waals surface area contributed by atoms with E-state index < -0.39 is 5.24 Å². The van der Waals surface area contributed by atoms with Crippen molar-refractivity contribution >= 4 is 28.3 Å². The second-order valence-electron chi connectivity index (χ2n) is 3.26. The lowest BCUT2D eigenvalue weighted by Crippen LogP contribution is -2.01. The van der Waals surface area contributed by atoms with Crippen molar-refractivity contribution in [2.24, 2.45) is 5.73 Å². The number of hydrogen-bond donors (Lipinski definition) is 1. The lowest BCUT2D eigenvalue weighted by atomic mass is 10.3. The van der Waals surface area contributed by atoms with Crippen molar-refractivity contribution in [2.75, 3.05) is 0 Å². The number of aromatic nitrogens is 2. The summed E-state index contributed by atoms with van der Waals surface area (Å²) in [5, 5.41) is 0.498.